The molecule has 1 unspecified atom stereocenters. The van der Waals surface area contributed by atoms with Gasteiger partial charge in [0.2, 0.25) is 0 Å². The minimum atomic E-state index is -0.531. The van der Waals surface area contributed by atoms with Gasteiger partial charge in [-0.2, -0.15) is 10.4 Å². The number of amides is 1. The maximum absolute atomic E-state index is 13.7. The lowest BCUT2D eigenvalue weighted by molar-refractivity contribution is 0.0617. The van der Waals surface area contributed by atoms with E-state index in [-0.39, 0.29) is 22.5 Å². The first-order valence-electron chi connectivity index (χ1n) is 11.2. The number of hydrogen-bond acceptors (Lipinski definition) is 6. The second-order valence-corrected chi connectivity index (χ2v) is 8.87. The molecule has 0 aliphatic carbocycles. The van der Waals surface area contributed by atoms with Crippen molar-refractivity contribution >= 4 is 28.5 Å². The van der Waals surface area contributed by atoms with Gasteiger partial charge >= 0.3 is 0 Å². The predicted octanol–water partition coefficient (Wildman–Crippen LogP) is 3.53. The number of carbonyl (C=O) groups excluding carboxylic acids is 1. The van der Waals surface area contributed by atoms with E-state index in [9.17, 15) is 14.4 Å². The van der Waals surface area contributed by atoms with Crippen LogP contribution in [0.15, 0.2) is 49.2 Å². The maximum Gasteiger partial charge on any atom is 0.254 e. The zero-order valence-corrected chi connectivity index (χ0v) is 19.5. The van der Waals surface area contributed by atoms with Gasteiger partial charge in [0, 0.05) is 66.7 Å². The molecule has 1 aliphatic heterocycles. The number of aromatic nitrogens is 5. The Morgan fingerprint density at radius 2 is 2.06 bits per heavy atom. The van der Waals surface area contributed by atoms with Gasteiger partial charge in [-0.05, 0) is 24.3 Å². The number of nitriles is 1. The molecule has 3 aromatic heterocycles. The van der Waals surface area contributed by atoms with Crippen LogP contribution in [0.1, 0.15) is 22.8 Å². The number of hydrogen-bond donors (Lipinski definition) is 1. The molecule has 1 N–H and O–H groups in total. The minimum Gasteiger partial charge on any atom is -0.346 e. The van der Waals surface area contributed by atoms with Crippen LogP contribution in [0.3, 0.4) is 0 Å². The van der Waals surface area contributed by atoms with E-state index in [4.69, 9.17) is 11.6 Å². The summed E-state index contributed by atoms with van der Waals surface area (Å²) >= 11 is 5.90. The van der Waals surface area contributed by atoms with Gasteiger partial charge in [-0.3, -0.25) is 14.4 Å². The topological polar surface area (TPSA) is 107 Å². The molecule has 1 aliphatic rings. The van der Waals surface area contributed by atoms with Crippen molar-refractivity contribution in [3.8, 4) is 17.3 Å². The number of piperazine rings is 1. The highest BCUT2D eigenvalue weighted by Gasteiger charge is 2.25. The lowest BCUT2D eigenvalue weighted by atomic mass is 10.1. The number of nitrogens with zero attached hydrogens (tertiary/aromatic N) is 7. The highest BCUT2D eigenvalue weighted by Crippen LogP contribution is 2.26. The van der Waals surface area contributed by atoms with Gasteiger partial charge in [0.15, 0.2) is 0 Å². The fraction of sp³-hybridized carbons (Fsp3) is 0.292. The van der Waals surface area contributed by atoms with Crippen molar-refractivity contribution in [3.63, 3.8) is 0 Å². The second kappa shape index (κ2) is 9.82. The third-order valence-electron chi connectivity index (χ3n) is 6.17. The summed E-state index contributed by atoms with van der Waals surface area (Å²) in [6.45, 7) is 2.90. The fourth-order valence-electron chi connectivity index (χ4n) is 4.40. The van der Waals surface area contributed by atoms with Gasteiger partial charge in [0.25, 0.3) is 5.91 Å². The summed E-state index contributed by atoms with van der Waals surface area (Å²) in [4.78, 5) is 28.4. The molecular weight excluding hydrogens is 471 g/mol. The van der Waals surface area contributed by atoms with Crippen molar-refractivity contribution < 1.29 is 9.18 Å². The zero-order valence-electron chi connectivity index (χ0n) is 18.7. The van der Waals surface area contributed by atoms with E-state index in [2.05, 4.69) is 31.0 Å². The third-order valence-corrected chi connectivity index (χ3v) is 6.39. The molecule has 0 radical (unpaired) electrons. The largest absolute Gasteiger partial charge is 0.346 e. The average molecular weight is 493 g/mol. The van der Waals surface area contributed by atoms with E-state index in [0.717, 1.165) is 22.3 Å². The quantitative estimate of drug-likeness (QED) is 0.441. The lowest BCUT2D eigenvalue weighted by Crippen LogP contribution is -2.50. The first kappa shape index (κ1) is 23.0. The van der Waals surface area contributed by atoms with Crippen LogP contribution in [0.25, 0.3) is 22.3 Å². The zero-order chi connectivity index (χ0) is 24.4. The fourth-order valence-corrected chi connectivity index (χ4v) is 4.62. The molecule has 35 heavy (non-hydrogen) atoms. The van der Waals surface area contributed by atoms with Gasteiger partial charge in [0.1, 0.15) is 17.8 Å². The average Bonchev–Trinajstić information content (AvgIpc) is 3.53. The van der Waals surface area contributed by atoms with Gasteiger partial charge in [-0.15, -0.1) is 0 Å². The Morgan fingerprint density at radius 1 is 1.23 bits per heavy atom. The molecule has 1 atom stereocenters. The lowest BCUT2D eigenvalue weighted by Gasteiger charge is -2.36. The molecule has 1 amide bonds. The van der Waals surface area contributed by atoms with Crippen molar-refractivity contribution in [1.29, 1.82) is 5.26 Å². The summed E-state index contributed by atoms with van der Waals surface area (Å²) in [7, 11) is 0. The number of rotatable bonds is 6. The van der Waals surface area contributed by atoms with Crippen molar-refractivity contribution in [2.24, 2.45) is 0 Å². The SMILES string of the molecule is N#CCC(CN1CCN(C(=O)c2cc(F)cc(Cl)c2)CC1)n1cc(-c2ncnc3[nH]ccc23)cn1. The van der Waals surface area contributed by atoms with Crippen LogP contribution < -0.4 is 0 Å². The highest BCUT2D eigenvalue weighted by atomic mass is 35.5. The minimum absolute atomic E-state index is 0.151. The number of fused-ring (bicyclic) bond motifs is 1. The molecular formula is C24H22ClFN8O. The van der Waals surface area contributed by atoms with Crippen molar-refractivity contribution in [2.75, 3.05) is 32.7 Å². The molecule has 1 fully saturated rings. The van der Waals surface area contributed by atoms with Crippen molar-refractivity contribution in [1.82, 2.24) is 34.5 Å². The number of aromatic amines is 1. The number of H-pyrrole nitrogens is 1. The van der Waals surface area contributed by atoms with Crippen LogP contribution in [-0.4, -0.2) is 73.2 Å². The number of carbonyl (C=O) groups is 1. The van der Waals surface area contributed by atoms with Crippen LogP contribution in [0.4, 0.5) is 4.39 Å². The Hall–Kier alpha value is -3.81. The third kappa shape index (κ3) is 4.87. The molecule has 178 valence electrons. The Balaban J connectivity index is 1.25. The molecule has 4 heterocycles. The summed E-state index contributed by atoms with van der Waals surface area (Å²) in [5, 5.41) is 15.1. The summed E-state index contributed by atoms with van der Waals surface area (Å²) in [6.07, 6.45) is 7.28. The first-order valence-corrected chi connectivity index (χ1v) is 11.6. The van der Waals surface area contributed by atoms with Crippen LogP contribution in [0, 0.1) is 17.1 Å². The number of halogens is 2. The Morgan fingerprint density at radius 3 is 2.83 bits per heavy atom. The summed E-state index contributed by atoms with van der Waals surface area (Å²) in [5.41, 5.74) is 2.63. The van der Waals surface area contributed by atoms with Crippen LogP contribution in [0.2, 0.25) is 5.02 Å². The maximum atomic E-state index is 13.7. The van der Waals surface area contributed by atoms with Crippen LogP contribution in [0.5, 0.6) is 0 Å². The molecule has 4 aromatic rings. The highest BCUT2D eigenvalue weighted by molar-refractivity contribution is 6.31. The van der Waals surface area contributed by atoms with Crippen molar-refractivity contribution in [3.05, 3.63) is 65.6 Å². The Bertz CT molecular complexity index is 1380. The predicted molar refractivity (Wildman–Crippen MR) is 128 cm³/mol. The molecule has 0 spiro atoms. The van der Waals surface area contributed by atoms with Gasteiger partial charge < -0.3 is 9.88 Å². The molecule has 11 heteroatoms. The van der Waals surface area contributed by atoms with Gasteiger partial charge in [0.05, 0.1) is 30.4 Å². The van der Waals surface area contributed by atoms with Gasteiger partial charge in [-0.25, -0.2) is 14.4 Å². The molecule has 1 aromatic carbocycles. The van der Waals surface area contributed by atoms with E-state index in [0.29, 0.717) is 39.1 Å². The molecule has 1 saturated heterocycles. The van der Waals surface area contributed by atoms with E-state index >= 15 is 0 Å². The van der Waals surface area contributed by atoms with Crippen LogP contribution >= 0.6 is 11.6 Å². The van der Waals surface area contributed by atoms with Gasteiger partial charge in [-0.1, -0.05) is 11.6 Å². The smallest absolute Gasteiger partial charge is 0.254 e. The van der Waals surface area contributed by atoms with E-state index in [1.165, 1.54) is 24.5 Å². The summed E-state index contributed by atoms with van der Waals surface area (Å²) < 4.78 is 15.5. The Kier molecular flexibility index (Phi) is 6.44. The second-order valence-electron chi connectivity index (χ2n) is 8.44. The summed E-state index contributed by atoms with van der Waals surface area (Å²) in [6, 6.07) is 7.90. The normalized spacial score (nSPS) is 15.3. The standard InChI is InChI=1S/C24H22ClFN8O/c25-18-9-16(10-19(26)11-18)24(35)33-7-5-32(6-8-33)14-20(1-3-27)34-13-17(12-31-34)22-21-2-4-28-23(21)30-15-29-22/h2,4,9-13,15,20H,1,5-8,14H2,(H,28,29,30). The molecule has 0 bridgehead atoms. The monoisotopic (exact) mass is 492 g/mol. The van der Waals surface area contributed by atoms with Crippen LogP contribution in [-0.2, 0) is 0 Å². The molecule has 5 rings (SSSR count). The van der Waals surface area contributed by atoms with E-state index in [1.54, 1.807) is 11.1 Å². The van der Waals surface area contributed by atoms with E-state index < -0.39 is 5.82 Å². The number of nitrogens with one attached hydrogen (secondary N) is 1. The first-order chi connectivity index (χ1) is 17.0. The number of benzene rings is 1. The van der Waals surface area contributed by atoms with E-state index in [1.807, 2.05) is 23.1 Å². The van der Waals surface area contributed by atoms with Crippen molar-refractivity contribution in [2.45, 2.75) is 12.5 Å². The molecule has 9 nitrogen and oxygen atoms in total. The Labute approximate surface area is 205 Å². The molecule has 0 saturated carbocycles. The summed E-state index contributed by atoms with van der Waals surface area (Å²) in [5.74, 6) is -0.770.